The largest absolute Gasteiger partial charge is 0.352 e. The Balaban J connectivity index is 2.22. The van der Waals surface area contributed by atoms with Crippen molar-refractivity contribution in [3.8, 4) is 11.5 Å². The Morgan fingerprint density at radius 2 is 2.10 bits per heavy atom. The third-order valence-electron chi connectivity index (χ3n) is 3.47. The zero-order valence-corrected chi connectivity index (χ0v) is 10.7. The fraction of sp³-hybridized carbons (Fsp3) is 0.0714. The van der Waals surface area contributed by atoms with Gasteiger partial charge in [-0.2, -0.15) is 5.10 Å². The van der Waals surface area contributed by atoms with E-state index in [0.717, 1.165) is 10.9 Å². The standard InChI is InChI=1S/C14H11N5O/c1-19-7-6-15-13(19)12-11-10(14(20)18-17-12)8-4-2-3-5-9(8)16-11/h2-7,16H,1H3,(H,18,20). The molecular weight excluding hydrogens is 254 g/mol. The number of rotatable bonds is 1. The Kier molecular flexibility index (Phi) is 2.09. The van der Waals surface area contributed by atoms with Gasteiger partial charge in [-0.15, -0.1) is 0 Å². The average molecular weight is 265 g/mol. The number of benzene rings is 1. The quantitative estimate of drug-likeness (QED) is 0.551. The lowest BCUT2D eigenvalue weighted by Gasteiger charge is -2.01. The molecule has 0 aliphatic carbocycles. The summed E-state index contributed by atoms with van der Waals surface area (Å²) in [6.45, 7) is 0. The molecule has 0 unspecified atom stereocenters. The van der Waals surface area contributed by atoms with Crippen LogP contribution < -0.4 is 5.56 Å². The summed E-state index contributed by atoms with van der Waals surface area (Å²) in [5.41, 5.74) is 2.07. The molecule has 2 N–H and O–H groups in total. The van der Waals surface area contributed by atoms with Crippen molar-refractivity contribution in [2.45, 2.75) is 0 Å². The average Bonchev–Trinajstić information content (AvgIpc) is 3.03. The van der Waals surface area contributed by atoms with E-state index in [2.05, 4.69) is 20.2 Å². The normalized spacial score (nSPS) is 11.4. The van der Waals surface area contributed by atoms with Crippen molar-refractivity contribution in [3.05, 3.63) is 47.0 Å². The summed E-state index contributed by atoms with van der Waals surface area (Å²) < 4.78 is 1.87. The third kappa shape index (κ3) is 1.36. The second-order valence-electron chi connectivity index (χ2n) is 4.68. The van der Waals surface area contributed by atoms with E-state index < -0.39 is 0 Å². The zero-order valence-electron chi connectivity index (χ0n) is 10.7. The predicted molar refractivity (Wildman–Crippen MR) is 76.4 cm³/mol. The number of nitrogens with one attached hydrogen (secondary N) is 2. The molecule has 6 heteroatoms. The smallest absolute Gasteiger partial charge is 0.274 e. The van der Waals surface area contributed by atoms with Crippen LogP contribution in [0.15, 0.2) is 41.5 Å². The number of aryl methyl sites for hydroxylation is 1. The molecule has 6 nitrogen and oxygen atoms in total. The first-order valence-electron chi connectivity index (χ1n) is 6.22. The van der Waals surface area contributed by atoms with Crippen molar-refractivity contribution in [1.29, 1.82) is 0 Å². The monoisotopic (exact) mass is 265 g/mol. The van der Waals surface area contributed by atoms with Crippen LogP contribution in [0.5, 0.6) is 0 Å². The number of H-pyrrole nitrogens is 2. The predicted octanol–water partition coefficient (Wildman–Crippen LogP) is 1.80. The molecule has 0 amide bonds. The number of imidazole rings is 1. The maximum absolute atomic E-state index is 12.1. The SMILES string of the molecule is Cn1ccnc1-c1n[nH]c(=O)c2c1[nH]c1ccccc12. The van der Waals surface area contributed by atoms with Gasteiger partial charge in [0.2, 0.25) is 0 Å². The van der Waals surface area contributed by atoms with E-state index in [1.807, 2.05) is 42.1 Å². The molecule has 20 heavy (non-hydrogen) atoms. The minimum Gasteiger partial charge on any atom is -0.352 e. The minimum absolute atomic E-state index is 0.199. The fourth-order valence-corrected chi connectivity index (χ4v) is 2.53. The summed E-state index contributed by atoms with van der Waals surface area (Å²) in [5.74, 6) is 0.706. The molecule has 1 aromatic carbocycles. The van der Waals surface area contributed by atoms with Crippen molar-refractivity contribution in [1.82, 2.24) is 24.7 Å². The van der Waals surface area contributed by atoms with Gasteiger partial charge in [0.25, 0.3) is 5.56 Å². The summed E-state index contributed by atoms with van der Waals surface area (Å²) in [7, 11) is 1.89. The van der Waals surface area contributed by atoms with E-state index in [1.54, 1.807) is 6.20 Å². The molecule has 0 spiro atoms. The van der Waals surface area contributed by atoms with E-state index in [1.165, 1.54) is 0 Å². The van der Waals surface area contributed by atoms with Crippen LogP contribution in [0, 0.1) is 0 Å². The first-order valence-corrected chi connectivity index (χ1v) is 6.22. The van der Waals surface area contributed by atoms with Crippen LogP contribution in [0.4, 0.5) is 0 Å². The lowest BCUT2D eigenvalue weighted by atomic mass is 10.2. The van der Waals surface area contributed by atoms with Gasteiger partial charge in [-0.25, -0.2) is 10.1 Å². The maximum atomic E-state index is 12.1. The van der Waals surface area contributed by atoms with Crippen LogP contribution in [0.25, 0.3) is 33.3 Å². The number of nitrogens with zero attached hydrogens (tertiary/aromatic N) is 3. The fourth-order valence-electron chi connectivity index (χ4n) is 2.53. The molecule has 4 rings (SSSR count). The van der Waals surface area contributed by atoms with Crippen LogP contribution in [-0.2, 0) is 7.05 Å². The van der Waals surface area contributed by atoms with E-state index in [0.29, 0.717) is 22.4 Å². The molecule has 0 saturated heterocycles. The lowest BCUT2D eigenvalue weighted by molar-refractivity contribution is 0.903. The second-order valence-corrected chi connectivity index (χ2v) is 4.68. The van der Waals surface area contributed by atoms with Gasteiger partial charge in [0.05, 0.1) is 10.9 Å². The first-order chi connectivity index (χ1) is 9.75. The van der Waals surface area contributed by atoms with Gasteiger partial charge >= 0.3 is 0 Å². The van der Waals surface area contributed by atoms with Crippen molar-refractivity contribution in [3.63, 3.8) is 0 Å². The Bertz CT molecular complexity index is 992. The van der Waals surface area contributed by atoms with E-state index in [4.69, 9.17) is 0 Å². The van der Waals surface area contributed by atoms with Gasteiger partial charge in [0.15, 0.2) is 11.5 Å². The maximum Gasteiger partial charge on any atom is 0.274 e. The van der Waals surface area contributed by atoms with Crippen LogP contribution in [-0.4, -0.2) is 24.7 Å². The summed E-state index contributed by atoms with van der Waals surface area (Å²) in [6, 6.07) is 7.71. The van der Waals surface area contributed by atoms with Crippen LogP contribution in [0.1, 0.15) is 0 Å². The van der Waals surface area contributed by atoms with E-state index in [-0.39, 0.29) is 5.56 Å². The van der Waals surface area contributed by atoms with Gasteiger partial charge in [-0.05, 0) is 6.07 Å². The molecule has 98 valence electrons. The van der Waals surface area contributed by atoms with Gasteiger partial charge in [0.1, 0.15) is 0 Å². The van der Waals surface area contributed by atoms with Gasteiger partial charge in [-0.1, -0.05) is 18.2 Å². The Hall–Kier alpha value is -2.89. The number of aromatic nitrogens is 5. The highest BCUT2D eigenvalue weighted by molar-refractivity contribution is 6.09. The number of aromatic amines is 2. The minimum atomic E-state index is -0.199. The number of para-hydroxylation sites is 1. The van der Waals surface area contributed by atoms with Crippen LogP contribution in [0.3, 0.4) is 0 Å². The van der Waals surface area contributed by atoms with Crippen molar-refractivity contribution in [2.24, 2.45) is 7.05 Å². The number of fused-ring (bicyclic) bond motifs is 3. The van der Waals surface area contributed by atoms with Crippen molar-refractivity contribution < 1.29 is 0 Å². The van der Waals surface area contributed by atoms with E-state index >= 15 is 0 Å². The highest BCUT2D eigenvalue weighted by Crippen LogP contribution is 2.27. The van der Waals surface area contributed by atoms with E-state index in [9.17, 15) is 4.79 Å². The van der Waals surface area contributed by atoms with Crippen LogP contribution in [0.2, 0.25) is 0 Å². The van der Waals surface area contributed by atoms with Crippen LogP contribution >= 0.6 is 0 Å². The molecule has 3 heterocycles. The Morgan fingerprint density at radius 1 is 1.25 bits per heavy atom. The zero-order chi connectivity index (χ0) is 13.7. The van der Waals surface area contributed by atoms with Gasteiger partial charge < -0.3 is 9.55 Å². The molecule has 4 aromatic rings. The summed E-state index contributed by atoms with van der Waals surface area (Å²) in [6.07, 6.45) is 3.55. The third-order valence-corrected chi connectivity index (χ3v) is 3.47. The number of hydrogen-bond donors (Lipinski definition) is 2. The highest BCUT2D eigenvalue weighted by atomic mass is 16.1. The molecule has 0 saturated carbocycles. The summed E-state index contributed by atoms with van der Waals surface area (Å²) in [5, 5.41) is 8.22. The highest BCUT2D eigenvalue weighted by Gasteiger charge is 2.16. The molecule has 0 atom stereocenters. The lowest BCUT2D eigenvalue weighted by Crippen LogP contribution is -2.10. The van der Waals surface area contributed by atoms with Gasteiger partial charge in [-0.3, -0.25) is 4.79 Å². The molecule has 0 aliphatic heterocycles. The Labute approximate surface area is 113 Å². The van der Waals surface area contributed by atoms with Crippen molar-refractivity contribution in [2.75, 3.05) is 0 Å². The molecule has 0 bridgehead atoms. The molecule has 0 aliphatic rings. The molecule has 0 fully saturated rings. The topological polar surface area (TPSA) is 79.4 Å². The Morgan fingerprint density at radius 3 is 2.90 bits per heavy atom. The first kappa shape index (κ1) is 11.0. The van der Waals surface area contributed by atoms with Gasteiger partial charge in [0, 0.05) is 30.3 Å². The summed E-state index contributed by atoms with van der Waals surface area (Å²) >= 11 is 0. The number of hydrogen-bond acceptors (Lipinski definition) is 3. The molecular formula is C14H11N5O. The molecule has 3 aromatic heterocycles. The van der Waals surface area contributed by atoms with Crippen molar-refractivity contribution >= 4 is 21.8 Å². The molecule has 0 radical (unpaired) electrons. The second kappa shape index (κ2) is 3.80. The summed E-state index contributed by atoms with van der Waals surface area (Å²) in [4.78, 5) is 19.7.